The van der Waals surface area contributed by atoms with Crippen LogP contribution in [0.25, 0.3) is 11.4 Å². The standard InChI is InChI=1S/C11H12N4O3S/c16-11(17)15-4-2-14(3-5-15)10-12-9(13-19-10)8-1-6-18-7-8/h1,6-7H,2-5H2,(H,16,17). The summed E-state index contributed by atoms with van der Waals surface area (Å²) in [6.07, 6.45) is 2.33. The van der Waals surface area contributed by atoms with Crippen molar-refractivity contribution >= 4 is 22.8 Å². The zero-order valence-corrected chi connectivity index (χ0v) is 10.8. The number of amides is 1. The molecule has 0 aliphatic carbocycles. The van der Waals surface area contributed by atoms with Gasteiger partial charge in [-0.3, -0.25) is 0 Å². The summed E-state index contributed by atoms with van der Waals surface area (Å²) in [5, 5.41) is 9.72. The quantitative estimate of drug-likeness (QED) is 0.899. The van der Waals surface area contributed by atoms with Crippen LogP contribution in [0, 0.1) is 0 Å². The molecule has 1 N–H and O–H groups in total. The SMILES string of the molecule is O=C(O)N1CCN(c2nc(-c3ccoc3)ns2)CC1. The molecule has 0 aromatic carbocycles. The fourth-order valence-electron chi connectivity index (χ4n) is 1.94. The molecule has 1 aliphatic heterocycles. The monoisotopic (exact) mass is 280 g/mol. The van der Waals surface area contributed by atoms with Crippen LogP contribution >= 0.6 is 11.5 Å². The Bertz CT molecular complexity index is 560. The van der Waals surface area contributed by atoms with E-state index in [0.29, 0.717) is 32.0 Å². The molecular weight excluding hydrogens is 268 g/mol. The zero-order valence-electron chi connectivity index (χ0n) is 10.0. The van der Waals surface area contributed by atoms with Gasteiger partial charge in [0.2, 0.25) is 5.13 Å². The number of hydrogen-bond acceptors (Lipinski definition) is 6. The van der Waals surface area contributed by atoms with Crippen LogP contribution in [0.15, 0.2) is 23.0 Å². The highest BCUT2D eigenvalue weighted by molar-refractivity contribution is 7.09. The maximum Gasteiger partial charge on any atom is 0.407 e. The average molecular weight is 280 g/mol. The van der Waals surface area contributed by atoms with Gasteiger partial charge in [0.25, 0.3) is 0 Å². The third-order valence-electron chi connectivity index (χ3n) is 3.02. The number of piperazine rings is 1. The molecule has 0 radical (unpaired) electrons. The molecule has 1 amide bonds. The molecule has 3 heterocycles. The molecule has 1 saturated heterocycles. The molecule has 8 heteroatoms. The molecule has 0 bridgehead atoms. The van der Waals surface area contributed by atoms with E-state index in [1.165, 1.54) is 16.4 Å². The fourth-order valence-corrected chi connectivity index (χ4v) is 2.68. The average Bonchev–Trinajstić information content (AvgIpc) is 3.10. The van der Waals surface area contributed by atoms with Crippen molar-refractivity contribution in [1.82, 2.24) is 14.3 Å². The minimum Gasteiger partial charge on any atom is -0.472 e. The zero-order chi connectivity index (χ0) is 13.2. The first-order valence-corrected chi connectivity index (χ1v) is 6.60. The smallest absolute Gasteiger partial charge is 0.407 e. The van der Waals surface area contributed by atoms with Crippen LogP contribution in [0.4, 0.5) is 9.93 Å². The summed E-state index contributed by atoms with van der Waals surface area (Å²) >= 11 is 1.32. The molecule has 0 spiro atoms. The summed E-state index contributed by atoms with van der Waals surface area (Å²) in [6, 6.07) is 1.81. The lowest BCUT2D eigenvalue weighted by atomic mass is 10.3. The van der Waals surface area contributed by atoms with Crippen molar-refractivity contribution in [3.8, 4) is 11.4 Å². The Kier molecular flexibility index (Phi) is 3.08. The summed E-state index contributed by atoms with van der Waals surface area (Å²) in [6.45, 7) is 2.28. The lowest BCUT2D eigenvalue weighted by Crippen LogP contribution is -2.48. The van der Waals surface area contributed by atoms with Crippen molar-refractivity contribution in [2.75, 3.05) is 31.1 Å². The molecule has 3 rings (SSSR count). The Hall–Kier alpha value is -2.09. The number of aromatic nitrogens is 2. The molecule has 100 valence electrons. The van der Waals surface area contributed by atoms with Crippen LogP contribution in [0.5, 0.6) is 0 Å². The molecule has 0 atom stereocenters. The van der Waals surface area contributed by atoms with Gasteiger partial charge in [-0.05, 0) is 6.07 Å². The maximum absolute atomic E-state index is 10.8. The van der Waals surface area contributed by atoms with Crippen LogP contribution < -0.4 is 4.90 Å². The number of nitrogens with zero attached hydrogens (tertiary/aromatic N) is 4. The third-order valence-corrected chi connectivity index (χ3v) is 3.79. The largest absolute Gasteiger partial charge is 0.472 e. The number of furan rings is 1. The number of hydrogen-bond donors (Lipinski definition) is 1. The minimum atomic E-state index is -0.865. The number of carbonyl (C=O) groups is 1. The van der Waals surface area contributed by atoms with Gasteiger partial charge < -0.3 is 19.3 Å². The Morgan fingerprint density at radius 3 is 2.79 bits per heavy atom. The molecule has 0 saturated carbocycles. The second-order valence-electron chi connectivity index (χ2n) is 4.17. The molecular formula is C11H12N4O3S. The van der Waals surface area contributed by atoms with Crippen LogP contribution in [-0.2, 0) is 0 Å². The van der Waals surface area contributed by atoms with Gasteiger partial charge in [0.1, 0.15) is 6.26 Å². The molecule has 1 fully saturated rings. The Labute approximate surface area is 113 Å². The maximum atomic E-state index is 10.8. The molecule has 1 aliphatic rings. The van der Waals surface area contributed by atoms with Gasteiger partial charge in [-0.1, -0.05) is 0 Å². The van der Waals surface area contributed by atoms with Crippen LogP contribution in [0.2, 0.25) is 0 Å². The highest BCUT2D eigenvalue weighted by Gasteiger charge is 2.22. The Morgan fingerprint density at radius 2 is 2.16 bits per heavy atom. The first-order chi connectivity index (χ1) is 9.24. The van der Waals surface area contributed by atoms with Crippen LogP contribution in [0.3, 0.4) is 0 Å². The number of rotatable bonds is 2. The van der Waals surface area contributed by atoms with Crippen molar-refractivity contribution in [3.63, 3.8) is 0 Å². The van der Waals surface area contributed by atoms with Crippen molar-refractivity contribution in [3.05, 3.63) is 18.6 Å². The van der Waals surface area contributed by atoms with Gasteiger partial charge in [-0.2, -0.15) is 9.36 Å². The first-order valence-electron chi connectivity index (χ1n) is 5.83. The Morgan fingerprint density at radius 1 is 1.37 bits per heavy atom. The topological polar surface area (TPSA) is 82.7 Å². The van der Waals surface area contributed by atoms with Crippen molar-refractivity contribution in [2.45, 2.75) is 0 Å². The summed E-state index contributed by atoms with van der Waals surface area (Å²) in [7, 11) is 0. The molecule has 2 aromatic rings. The third kappa shape index (κ3) is 2.39. The molecule has 0 unspecified atom stereocenters. The molecule has 7 nitrogen and oxygen atoms in total. The van der Waals surface area contributed by atoms with E-state index in [1.807, 2.05) is 6.07 Å². The van der Waals surface area contributed by atoms with E-state index in [9.17, 15) is 4.79 Å². The van der Waals surface area contributed by atoms with E-state index in [2.05, 4.69) is 14.3 Å². The van der Waals surface area contributed by atoms with Gasteiger partial charge in [-0.15, -0.1) is 0 Å². The summed E-state index contributed by atoms with van der Waals surface area (Å²) < 4.78 is 9.29. The second kappa shape index (κ2) is 4.88. The van der Waals surface area contributed by atoms with Crippen LogP contribution in [-0.4, -0.2) is 51.6 Å². The summed E-state index contributed by atoms with van der Waals surface area (Å²) in [4.78, 5) is 18.7. The normalized spacial score (nSPS) is 15.8. The van der Waals surface area contributed by atoms with E-state index in [4.69, 9.17) is 9.52 Å². The summed E-state index contributed by atoms with van der Waals surface area (Å²) in [5.41, 5.74) is 0.853. The lowest BCUT2D eigenvalue weighted by Gasteiger charge is -2.32. The first kappa shape index (κ1) is 12.0. The van der Waals surface area contributed by atoms with E-state index in [0.717, 1.165) is 10.7 Å². The fraction of sp³-hybridized carbons (Fsp3) is 0.364. The van der Waals surface area contributed by atoms with E-state index < -0.39 is 6.09 Å². The number of carboxylic acid groups (broad SMARTS) is 1. The Balaban J connectivity index is 1.69. The predicted molar refractivity (Wildman–Crippen MR) is 69.4 cm³/mol. The van der Waals surface area contributed by atoms with Gasteiger partial charge in [-0.25, -0.2) is 4.79 Å². The van der Waals surface area contributed by atoms with Gasteiger partial charge in [0.15, 0.2) is 5.82 Å². The van der Waals surface area contributed by atoms with Gasteiger partial charge in [0.05, 0.1) is 11.8 Å². The summed E-state index contributed by atoms with van der Waals surface area (Å²) in [5.74, 6) is 0.648. The number of anilines is 1. The van der Waals surface area contributed by atoms with Gasteiger partial charge in [0, 0.05) is 37.7 Å². The van der Waals surface area contributed by atoms with E-state index in [1.54, 1.807) is 12.5 Å². The van der Waals surface area contributed by atoms with Gasteiger partial charge >= 0.3 is 6.09 Å². The van der Waals surface area contributed by atoms with Crippen molar-refractivity contribution in [2.24, 2.45) is 0 Å². The predicted octanol–water partition coefficient (Wildman–Crippen LogP) is 1.60. The second-order valence-corrected chi connectivity index (χ2v) is 4.90. The minimum absolute atomic E-state index is 0.496. The molecule has 19 heavy (non-hydrogen) atoms. The van der Waals surface area contributed by atoms with E-state index in [-0.39, 0.29) is 0 Å². The van der Waals surface area contributed by atoms with Crippen molar-refractivity contribution < 1.29 is 14.3 Å². The lowest BCUT2D eigenvalue weighted by molar-refractivity contribution is 0.142. The van der Waals surface area contributed by atoms with Crippen LogP contribution in [0.1, 0.15) is 0 Å². The highest BCUT2D eigenvalue weighted by Crippen LogP contribution is 2.24. The van der Waals surface area contributed by atoms with E-state index >= 15 is 0 Å². The highest BCUT2D eigenvalue weighted by atomic mass is 32.1. The molecule has 2 aromatic heterocycles. The van der Waals surface area contributed by atoms with Crippen molar-refractivity contribution in [1.29, 1.82) is 0 Å².